The van der Waals surface area contributed by atoms with E-state index < -0.39 is 10.0 Å². The molecule has 0 aliphatic rings. The molecule has 1 amide bonds. The van der Waals surface area contributed by atoms with Crippen molar-refractivity contribution in [2.24, 2.45) is 0 Å². The normalized spacial score (nSPS) is 11.2. The molecule has 0 spiro atoms. The minimum absolute atomic E-state index is 0.0373. The van der Waals surface area contributed by atoms with Gasteiger partial charge in [-0.25, -0.2) is 8.42 Å². The van der Waals surface area contributed by atoms with E-state index in [0.717, 1.165) is 16.0 Å². The maximum Gasteiger partial charge on any atom is 0.229 e. The van der Waals surface area contributed by atoms with Gasteiger partial charge in [-0.3, -0.25) is 14.3 Å². The van der Waals surface area contributed by atoms with Crippen molar-refractivity contribution < 1.29 is 18.0 Å². The highest BCUT2D eigenvalue weighted by Crippen LogP contribution is 2.22. The Morgan fingerprint density at radius 1 is 1.04 bits per heavy atom. The second-order valence-corrected chi connectivity index (χ2v) is 8.96. The first kappa shape index (κ1) is 19.1. The molecule has 1 aromatic heterocycles. The van der Waals surface area contributed by atoms with Gasteiger partial charge in [0.25, 0.3) is 0 Å². The van der Waals surface area contributed by atoms with Crippen LogP contribution in [0.4, 0.5) is 11.4 Å². The third-order valence-corrected chi connectivity index (χ3v) is 4.96. The molecule has 1 aromatic carbocycles. The van der Waals surface area contributed by atoms with Crippen LogP contribution in [0.25, 0.3) is 0 Å². The SMILES string of the molecule is Cc1cc(C(=O)CCC(=O)Nc2ccc(NS(C)(=O)=O)cc2)c(C)s1. The summed E-state index contributed by atoms with van der Waals surface area (Å²) in [5.41, 5.74) is 1.64. The minimum atomic E-state index is -3.33. The average molecular weight is 380 g/mol. The highest BCUT2D eigenvalue weighted by atomic mass is 32.2. The van der Waals surface area contributed by atoms with E-state index in [-0.39, 0.29) is 24.5 Å². The number of hydrogen-bond donors (Lipinski definition) is 2. The van der Waals surface area contributed by atoms with Gasteiger partial charge < -0.3 is 5.32 Å². The maximum absolute atomic E-state index is 12.2. The molecule has 134 valence electrons. The van der Waals surface area contributed by atoms with E-state index in [1.807, 2.05) is 19.9 Å². The maximum atomic E-state index is 12.2. The summed E-state index contributed by atoms with van der Waals surface area (Å²) in [5.74, 6) is -0.300. The zero-order chi connectivity index (χ0) is 18.6. The fourth-order valence-corrected chi connectivity index (χ4v) is 3.84. The van der Waals surface area contributed by atoms with Gasteiger partial charge in [0.15, 0.2) is 5.78 Å². The first-order valence-electron chi connectivity index (χ1n) is 7.62. The number of amides is 1. The molecule has 2 N–H and O–H groups in total. The van der Waals surface area contributed by atoms with Crippen molar-refractivity contribution in [1.29, 1.82) is 0 Å². The third kappa shape index (κ3) is 5.99. The fourth-order valence-electron chi connectivity index (χ4n) is 2.33. The molecule has 25 heavy (non-hydrogen) atoms. The molecule has 0 saturated heterocycles. The number of nitrogens with one attached hydrogen (secondary N) is 2. The molecule has 1 heterocycles. The smallest absolute Gasteiger partial charge is 0.229 e. The Labute approximate surface area is 151 Å². The van der Waals surface area contributed by atoms with Gasteiger partial charge >= 0.3 is 0 Å². The van der Waals surface area contributed by atoms with Crippen LogP contribution in [-0.2, 0) is 14.8 Å². The van der Waals surface area contributed by atoms with Crippen molar-refractivity contribution in [1.82, 2.24) is 0 Å². The van der Waals surface area contributed by atoms with Gasteiger partial charge in [0.05, 0.1) is 6.26 Å². The number of aryl methyl sites for hydroxylation is 2. The van der Waals surface area contributed by atoms with Gasteiger partial charge in [-0.15, -0.1) is 11.3 Å². The second kappa shape index (κ2) is 7.79. The van der Waals surface area contributed by atoms with E-state index >= 15 is 0 Å². The number of thiophene rings is 1. The second-order valence-electron chi connectivity index (χ2n) is 5.75. The molecule has 0 radical (unpaired) electrons. The van der Waals surface area contributed by atoms with Crippen LogP contribution in [0.2, 0.25) is 0 Å². The van der Waals surface area contributed by atoms with Crippen LogP contribution < -0.4 is 10.0 Å². The molecule has 6 nitrogen and oxygen atoms in total. The Kier molecular flexibility index (Phi) is 5.97. The summed E-state index contributed by atoms with van der Waals surface area (Å²) in [5, 5.41) is 2.69. The van der Waals surface area contributed by atoms with E-state index in [4.69, 9.17) is 0 Å². The average Bonchev–Trinajstić information content (AvgIpc) is 2.84. The number of carbonyl (C=O) groups is 2. The molecule has 8 heteroatoms. The van der Waals surface area contributed by atoms with Crippen molar-refractivity contribution in [3.8, 4) is 0 Å². The number of sulfonamides is 1. The number of Topliss-reactive ketones (excluding diaryl/α,β-unsaturated/α-hetero) is 1. The predicted octanol–water partition coefficient (Wildman–Crippen LogP) is 3.34. The topological polar surface area (TPSA) is 92.3 Å². The number of hydrogen-bond acceptors (Lipinski definition) is 5. The lowest BCUT2D eigenvalue weighted by Crippen LogP contribution is -2.14. The standard InChI is InChI=1S/C17H20N2O4S2/c1-11-10-15(12(2)24-11)16(20)8-9-17(21)18-13-4-6-14(7-5-13)19-25(3,22)23/h4-7,10,19H,8-9H2,1-3H3,(H,18,21). The van der Waals surface area contributed by atoms with Gasteiger partial charge in [-0.05, 0) is 44.2 Å². The predicted molar refractivity (Wildman–Crippen MR) is 101 cm³/mol. The number of carbonyl (C=O) groups excluding carboxylic acids is 2. The van der Waals surface area contributed by atoms with E-state index in [2.05, 4.69) is 10.0 Å². The summed E-state index contributed by atoms with van der Waals surface area (Å²) in [7, 11) is -3.33. The largest absolute Gasteiger partial charge is 0.326 e. The summed E-state index contributed by atoms with van der Waals surface area (Å²) in [6.45, 7) is 3.85. The Balaban J connectivity index is 1.88. The molecule has 0 bridgehead atoms. The monoisotopic (exact) mass is 380 g/mol. The minimum Gasteiger partial charge on any atom is -0.326 e. The zero-order valence-electron chi connectivity index (χ0n) is 14.3. The molecule has 0 atom stereocenters. The molecule has 0 aliphatic heterocycles. The van der Waals surface area contributed by atoms with Crippen molar-refractivity contribution in [2.45, 2.75) is 26.7 Å². The third-order valence-electron chi connectivity index (χ3n) is 3.39. The van der Waals surface area contributed by atoms with E-state index in [9.17, 15) is 18.0 Å². The number of benzene rings is 1. The van der Waals surface area contributed by atoms with Crippen LogP contribution in [0.15, 0.2) is 30.3 Å². The lowest BCUT2D eigenvalue weighted by molar-refractivity contribution is -0.116. The van der Waals surface area contributed by atoms with Crippen molar-refractivity contribution >= 4 is 44.4 Å². The summed E-state index contributed by atoms with van der Waals surface area (Å²) in [6.07, 6.45) is 1.31. The molecule has 0 saturated carbocycles. The first-order valence-corrected chi connectivity index (χ1v) is 10.3. The molecule has 0 aliphatic carbocycles. The summed E-state index contributed by atoms with van der Waals surface area (Å²) < 4.78 is 24.6. The van der Waals surface area contributed by atoms with Crippen LogP contribution in [0, 0.1) is 13.8 Å². The van der Waals surface area contributed by atoms with Crippen LogP contribution >= 0.6 is 11.3 Å². The Morgan fingerprint density at radius 3 is 2.16 bits per heavy atom. The Hall–Kier alpha value is -2.19. The van der Waals surface area contributed by atoms with Gasteiger partial charge in [-0.2, -0.15) is 0 Å². The lowest BCUT2D eigenvalue weighted by atomic mass is 10.1. The van der Waals surface area contributed by atoms with Crippen LogP contribution in [0.5, 0.6) is 0 Å². The Bertz CT molecular complexity index is 884. The van der Waals surface area contributed by atoms with Gasteiger partial charge in [-0.1, -0.05) is 0 Å². The highest BCUT2D eigenvalue weighted by molar-refractivity contribution is 7.92. The lowest BCUT2D eigenvalue weighted by Gasteiger charge is -2.07. The van der Waals surface area contributed by atoms with Crippen molar-refractivity contribution in [3.63, 3.8) is 0 Å². The number of anilines is 2. The molecule has 2 aromatic rings. The zero-order valence-corrected chi connectivity index (χ0v) is 15.9. The van der Waals surface area contributed by atoms with Gasteiger partial charge in [0, 0.05) is 39.5 Å². The van der Waals surface area contributed by atoms with Crippen LogP contribution in [0.1, 0.15) is 33.0 Å². The van der Waals surface area contributed by atoms with E-state index in [1.165, 1.54) is 0 Å². The fraction of sp³-hybridized carbons (Fsp3) is 0.294. The van der Waals surface area contributed by atoms with E-state index in [0.29, 0.717) is 16.9 Å². The summed E-state index contributed by atoms with van der Waals surface area (Å²) in [4.78, 5) is 26.2. The van der Waals surface area contributed by atoms with Crippen molar-refractivity contribution in [3.05, 3.63) is 45.6 Å². The number of rotatable bonds is 7. The summed E-state index contributed by atoms with van der Waals surface area (Å²) >= 11 is 1.57. The Morgan fingerprint density at radius 2 is 1.64 bits per heavy atom. The molecule has 0 unspecified atom stereocenters. The number of ketones is 1. The first-order chi connectivity index (χ1) is 11.6. The molecule has 0 fully saturated rings. The van der Waals surface area contributed by atoms with E-state index in [1.54, 1.807) is 35.6 Å². The van der Waals surface area contributed by atoms with Crippen LogP contribution in [-0.4, -0.2) is 26.4 Å². The van der Waals surface area contributed by atoms with Crippen molar-refractivity contribution in [2.75, 3.05) is 16.3 Å². The summed E-state index contributed by atoms with van der Waals surface area (Å²) in [6, 6.07) is 8.16. The van der Waals surface area contributed by atoms with Gasteiger partial charge in [0.2, 0.25) is 15.9 Å². The highest BCUT2D eigenvalue weighted by Gasteiger charge is 2.14. The molecular weight excluding hydrogens is 360 g/mol. The quantitative estimate of drug-likeness (QED) is 0.721. The molecule has 2 rings (SSSR count). The molecular formula is C17H20N2O4S2. The van der Waals surface area contributed by atoms with Gasteiger partial charge in [0.1, 0.15) is 0 Å². The van der Waals surface area contributed by atoms with Crippen LogP contribution in [0.3, 0.4) is 0 Å².